The molecule has 1 saturated carbocycles. The molecule has 2 atom stereocenters. The third kappa shape index (κ3) is 1.66. The van der Waals surface area contributed by atoms with Crippen LogP contribution in [-0.2, 0) is 0 Å². The Labute approximate surface area is 76.7 Å². The molecular formula is C12H20. The van der Waals surface area contributed by atoms with Gasteiger partial charge in [0.2, 0.25) is 0 Å². The van der Waals surface area contributed by atoms with Gasteiger partial charge in [-0.05, 0) is 37.0 Å². The fourth-order valence-corrected chi connectivity index (χ4v) is 2.19. The van der Waals surface area contributed by atoms with Crippen LogP contribution in [0.2, 0.25) is 0 Å². The van der Waals surface area contributed by atoms with Crippen molar-refractivity contribution in [2.75, 3.05) is 0 Å². The molecule has 1 fully saturated rings. The number of rotatable bonds is 1. The monoisotopic (exact) mass is 164 g/mol. The van der Waals surface area contributed by atoms with Crippen LogP contribution in [0.5, 0.6) is 0 Å². The Hall–Kier alpha value is -0.440. The molecule has 0 aliphatic heterocycles. The highest BCUT2D eigenvalue weighted by atomic mass is 14.4. The lowest BCUT2D eigenvalue weighted by molar-refractivity contribution is 0.201. The van der Waals surface area contributed by atoms with E-state index in [0.717, 1.165) is 18.3 Å². The van der Waals surface area contributed by atoms with Gasteiger partial charge in [0.25, 0.3) is 0 Å². The number of hydrogen-bond acceptors (Lipinski definition) is 0. The maximum Gasteiger partial charge on any atom is 0.0122 e. The third-order valence-corrected chi connectivity index (χ3v) is 3.80. The molecule has 12 heavy (non-hydrogen) atoms. The van der Waals surface area contributed by atoms with E-state index in [4.69, 9.17) is 0 Å². The summed E-state index contributed by atoms with van der Waals surface area (Å²) in [7, 11) is 0. The summed E-state index contributed by atoms with van der Waals surface area (Å²) in [5, 5.41) is 0. The van der Waals surface area contributed by atoms with E-state index >= 15 is 0 Å². The van der Waals surface area contributed by atoms with Crippen LogP contribution in [-0.4, -0.2) is 0 Å². The van der Waals surface area contributed by atoms with Crippen LogP contribution in [0.3, 0.4) is 0 Å². The van der Waals surface area contributed by atoms with E-state index in [0.29, 0.717) is 5.41 Å². The van der Waals surface area contributed by atoms with Crippen LogP contribution >= 0.6 is 0 Å². The van der Waals surface area contributed by atoms with Crippen LogP contribution < -0.4 is 0 Å². The van der Waals surface area contributed by atoms with Crippen molar-refractivity contribution in [1.82, 2.24) is 0 Å². The lowest BCUT2D eigenvalue weighted by Crippen LogP contribution is -2.22. The zero-order valence-corrected chi connectivity index (χ0v) is 8.78. The first kappa shape index (κ1) is 9.65. The summed E-state index contributed by atoms with van der Waals surface area (Å²) in [4.78, 5) is 0. The van der Waals surface area contributed by atoms with Crippen molar-refractivity contribution < 1.29 is 0 Å². The summed E-state index contributed by atoms with van der Waals surface area (Å²) in [5.74, 6) is 7.92. The van der Waals surface area contributed by atoms with Gasteiger partial charge < -0.3 is 0 Å². The molecule has 0 aromatic heterocycles. The first-order valence-electron chi connectivity index (χ1n) is 4.98. The molecule has 68 valence electrons. The van der Waals surface area contributed by atoms with E-state index in [-0.39, 0.29) is 0 Å². The van der Waals surface area contributed by atoms with Gasteiger partial charge in [0.15, 0.2) is 0 Å². The van der Waals surface area contributed by atoms with Crippen LogP contribution in [0.25, 0.3) is 0 Å². The van der Waals surface area contributed by atoms with Crippen molar-refractivity contribution in [2.45, 2.75) is 47.0 Å². The molecule has 0 saturated heterocycles. The van der Waals surface area contributed by atoms with Crippen molar-refractivity contribution in [1.29, 1.82) is 0 Å². The van der Waals surface area contributed by atoms with E-state index in [2.05, 4.69) is 32.6 Å². The first-order valence-corrected chi connectivity index (χ1v) is 4.98. The van der Waals surface area contributed by atoms with Gasteiger partial charge >= 0.3 is 0 Å². The molecule has 0 spiro atoms. The minimum atomic E-state index is 0.518. The van der Waals surface area contributed by atoms with Crippen molar-refractivity contribution in [3.8, 4) is 11.8 Å². The predicted octanol–water partition coefficient (Wildman–Crippen LogP) is 3.47. The molecule has 0 nitrogen and oxygen atoms in total. The summed E-state index contributed by atoms with van der Waals surface area (Å²) >= 11 is 0. The Kier molecular flexibility index (Phi) is 2.83. The average molecular weight is 164 g/mol. The SMILES string of the molecule is CC#CCC1CCC(C)C1(C)C. The van der Waals surface area contributed by atoms with Crippen molar-refractivity contribution in [3.63, 3.8) is 0 Å². The average Bonchev–Trinajstić information content (AvgIpc) is 2.25. The quantitative estimate of drug-likeness (QED) is 0.520. The van der Waals surface area contributed by atoms with Crippen molar-refractivity contribution in [3.05, 3.63) is 0 Å². The molecule has 1 rings (SSSR count). The Morgan fingerprint density at radius 1 is 1.33 bits per heavy atom. The molecule has 0 heterocycles. The zero-order valence-electron chi connectivity index (χ0n) is 8.78. The summed E-state index contributed by atoms with van der Waals surface area (Å²) in [6, 6.07) is 0. The second kappa shape index (κ2) is 3.52. The van der Waals surface area contributed by atoms with Crippen LogP contribution in [0.4, 0.5) is 0 Å². The smallest absolute Gasteiger partial charge is 0.0122 e. The zero-order chi connectivity index (χ0) is 9.19. The van der Waals surface area contributed by atoms with Crippen LogP contribution in [0.1, 0.15) is 47.0 Å². The topological polar surface area (TPSA) is 0 Å². The Morgan fingerprint density at radius 2 is 2.00 bits per heavy atom. The van der Waals surface area contributed by atoms with Gasteiger partial charge in [-0.15, -0.1) is 11.8 Å². The maximum absolute atomic E-state index is 3.22. The Bertz CT molecular complexity index is 202. The molecule has 0 aromatic rings. The normalized spacial score (nSPS) is 32.7. The van der Waals surface area contributed by atoms with E-state index < -0.39 is 0 Å². The largest absolute Gasteiger partial charge is 0.107 e. The van der Waals surface area contributed by atoms with Crippen LogP contribution in [0.15, 0.2) is 0 Å². The first-order chi connectivity index (χ1) is 5.59. The molecule has 0 radical (unpaired) electrons. The lowest BCUT2D eigenvalue weighted by Gasteiger charge is -2.30. The molecule has 0 aromatic carbocycles. The summed E-state index contributed by atoms with van der Waals surface area (Å²) in [5.41, 5.74) is 0.518. The Balaban J connectivity index is 2.59. The minimum Gasteiger partial charge on any atom is -0.107 e. The molecule has 0 amide bonds. The maximum atomic E-state index is 3.22. The van der Waals surface area contributed by atoms with Gasteiger partial charge in [0.1, 0.15) is 0 Å². The fraction of sp³-hybridized carbons (Fsp3) is 0.833. The summed E-state index contributed by atoms with van der Waals surface area (Å²) in [6.45, 7) is 9.10. The van der Waals surface area contributed by atoms with Gasteiger partial charge in [0.05, 0.1) is 0 Å². The van der Waals surface area contributed by atoms with Gasteiger partial charge in [-0.2, -0.15) is 0 Å². The summed E-state index contributed by atoms with van der Waals surface area (Å²) in [6.07, 6.45) is 3.87. The van der Waals surface area contributed by atoms with Gasteiger partial charge in [-0.25, -0.2) is 0 Å². The fourth-order valence-electron chi connectivity index (χ4n) is 2.19. The standard InChI is InChI=1S/C12H20/c1-5-6-7-11-9-8-10(2)12(11,3)4/h10-11H,7-9H2,1-4H3. The minimum absolute atomic E-state index is 0.518. The van der Waals surface area contributed by atoms with Gasteiger partial charge in [0, 0.05) is 6.42 Å². The third-order valence-electron chi connectivity index (χ3n) is 3.80. The lowest BCUT2D eigenvalue weighted by atomic mass is 9.75. The highest BCUT2D eigenvalue weighted by Gasteiger charge is 2.39. The van der Waals surface area contributed by atoms with Crippen molar-refractivity contribution in [2.24, 2.45) is 17.3 Å². The summed E-state index contributed by atoms with van der Waals surface area (Å²) < 4.78 is 0. The highest BCUT2D eigenvalue weighted by Crippen LogP contribution is 2.48. The molecule has 0 N–H and O–H groups in total. The predicted molar refractivity (Wildman–Crippen MR) is 53.7 cm³/mol. The van der Waals surface area contributed by atoms with Crippen molar-refractivity contribution >= 4 is 0 Å². The highest BCUT2D eigenvalue weighted by molar-refractivity contribution is 5.01. The van der Waals surface area contributed by atoms with Gasteiger partial charge in [-0.3, -0.25) is 0 Å². The van der Waals surface area contributed by atoms with E-state index in [1.165, 1.54) is 12.8 Å². The molecule has 0 heteroatoms. The Morgan fingerprint density at radius 3 is 2.42 bits per heavy atom. The van der Waals surface area contributed by atoms with Crippen LogP contribution in [0, 0.1) is 29.1 Å². The molecule has 1 aliphatic carbocycles. The molecule has 2 unspecified atom stereocenters. The van der Waals surface area contributed by atoms with E-state index in [9.17, 15) is 0 Å². The molecule has 0 bridgehead atoms. The van der Waals surface area contributed by atoms with E-state index in [1.807, 2.05) is 6.92 Å². The second-order valence-corrected chi connectivity index (χ2v) is 4.63. The van der Waals surface area contributed by atoms with E-state index in [1.54, 1.807) is 0 Å². The molecular weight excluding hydrogens is 144 g/mol. The number of hydrogen-bond donors (Lipinski definition) is 0. The van der Waals surface area contributed by atoms with Gasteiger partial charge in [-0.1, -0.05) is 20.8 Å². The second-order valence-electron chi connectivity index (χ2n) is 4.63. The molecule has 1 aliphatic rings.